The Morgan fingerprint density at radius 2 is 1.85 bits per heavy atom. The van der Waals surface area contributed by atoms with Crippen LogP contribution >= 0.6 is 0 Å². The number of aliphatic carboxylic acids is 1. The van der Waals surface area contributed by atoms with Crippen LogP contribution in [0.5, 0.6) is 0 Å². The van der Waals surface area contributed by atoms with Crippen molar-refractivity contribution >= 4 is 17.7 Å². The lowest BCUT2D eigenvalue weighted by molar-refractivity contribution is -0.149. The van der Waals surface area contributed by atoms with Gasteiger partial charge in [0.1, 0.15) is 0 Å². The minimum atomic E-state index is -0.785. The Balaban J connectivity index is 2.50. The molecule has 0 saturated carbocycles. The summed E-state index contributed by atoms with van der Waals surface area (Å²) in [5, 5.41) is 8.60. The molecule has 1 heterocycles. The molecule has 0 aliphatic carbocycles. The predicted octanol–water partition coefficient (Wildman–Crippen LogP) is 2.24. The zero-order valence-electron chi connectivity index (χ0n) is 12.6. The number of carboxylic acids is 1. The van der Waals surface area contributed by atoms with Gasteiger partial charge in [0, 0.05) is 24.4 Å². The van der Waals surface area contributed by atoms with E-state index in [-0.39, 0.29) is 24.2 Å². The van der Waals surface area contributed by atoms with Gasteiger partial charge in [0.05, 0.1) is 0 Å². The molecule has 0 aromatic carbocycles. The second-order valence-corrected chi connectivity index (χ2v) is 6.51. The number of Topliss-reactive ketones (excluding diaryl/α,β-unsaturated/α-hetero) is 1. The van der Waals surface area contributed by atoms with E-state index < -0.39 is 11.4 Å². The minimum Gasteiger partial charge on any atom is -0.481 e. The first-order valence-corrected chi connectivity index (χ1v) is 7.30. The zero-order valence-corrected chi connectivity index (χ0v) is 12.6. The predicted molar refractivity (Wildman–Crippen MR) is 75.3 cm³/mol. The molecule has 1 saturated heterocycles. The van der Waals surface area contributed by atoms with E-state index in [9.17, 15) is 14.4 Å². The topological polar surface area (TPSA) is 74.7 Å². The number of amides is 1. The van der Waals surface area contributed by atoms with Crippen LogP contribution in [0.1, 0.15) is 59.3 Å². The molecule has 0 aromatic heterocycles. The van der Waals surface area contributed by atoms with Crippen molar-refractivity contribution in [1.82, 2.24) is 4.90 Å². The molecular weight excluding hydrogens is 258 g/mol. The molecule has 0 radical (unpaired) electrons. The Labute approximate surface area is 120 Å². The van der Waals surface area contributed by atoms with Crippen LogP contribution in [0.15, 0.2) is 0 Å². The van der Waals surface area contributed by atoms with Crippen LogP contribution in [0.2, 0.25) is 0 Å². The fourth-order valence-corrected chi connectivity index (χ4v) is 2.51. The molecule has 0 bridgehead atoms. The lowest BCUT2D eigenvalue weighted by Gasteiger charge is -2.27. The highest BCUT2D eigenvalue weighted by molar-refractivity contribution is 6.37. The molecule has 0 aromatic rings. The van der Waals surface area contributed by atoms with Crippen molar-refractivity contribution in [3.63, 3.8) is 0 Å². The largest absolute Gasteiger partial charge is 0.481 e. The Hall–Kier alpha value is -1.39. The number of hydrogen-bond acceptors (Lipinski definition) is 3. The van der Waals surface area contributed by atoms with Crippen LogP contribution in [-0.4, -0.2) is 40.3 Å². The van der Waals surface area contributed by atoms with Crippen molar-refractivity contribution in [1.29, 1.82) is 0 Å². The van der Waals surface area contributed by atoms with Crippen LogP contribution in [0.3, 0.4) is 0 Å². The van der Waals surface area contributed by atoms with Gasteiger partial charge in [0.2, 0.25) is 5.78 Å². The fourth-order valence-electron chi connectivity index (χ4n) is 2.51. The van der Waals surface area contributed by atoms with E-state index in [1.165, 1.54) is 0 Å². The average molecular weight is 283 g/mol. The number of carbonyl (C=O) groups excluding carboxylic acids is 2. The summed E-state index contributed by atoms with van der Waals surface area (Å²) in [4.78, 5) is 36.4. The number of carboxylic acid groups (broad SMARTS) is 1. The summed E-state index contributed by atoms with van der Waals surface area (Å²) in [5.41, 5.74) is -0.645. The Kier molecular flexibility index (Phi) is 5.72. The molecule has 1 fully saturated rings. The molecule has 1 atom stereocenters. The third-order valence-electron chi connectivity index (χ3n) is 3.69. The average Bonchev–Trinajstić information content (AvgIpc) is 2.79. The SMILES string of the molecule is CC(C)(C)C(=O)C(=O)N1CCC[C@@H]1CCCCC(=O)O. The van der Waals surface area contributed by atoms with Gasteiger partial charge in [-0.25, -0.2) is 0 Å². The molecule has 1 aliphatic rings. The molecule has 114 valence electrons. The molecule has 1 amide bonds. The van der Waals surface area contributed by atoms with Crippen molar-refractivity contribution in [2.75, 3.05) is 6.54 Å². The van der Waals surface area contributed by atoms with E-state index in [2.05, 4.69) is 0 Å². The first kappa shape index (κ1) is 16.7. The van der Waals surface area contributed by atoms with Crippen molar-refractivity contribution < 1.29 is 19.5 Å². The quantitative estimate of drug-likeness (QED) is 0.599. The van der Waals surface area contributed by atoms with Gasteiger partial charge in [-0.15, -0.1) is 0 Å². The molecule has 1 rings (SSSR count). The Bertz CT molecular complexity index is 384. The number of nitrogens with zero attached hydrogens (tertiary/aromatic N) is 1. The molecule has 0 spiro atoms. The van der Waals surface area contributed by atoms with E-state index in [0.29, 0.717) is 13.0 Å². The van der Waals surface area contributed by atoms with Gasteiger partial charge < -0.3 is 10.0 Å². The summed E-state index contributed by atoms with van der Waals surface area (Å²) in [6, 6.07) is 0.0996. The van der Waals surface area contributed by atoms with Crippen LogP contribution in [0, 0.1) is 5.41 Å². The maximum Gasteiger partial charge on any atom is 0.303 e. The molecule has 0 unspecified atom stereocenters. The van der Waals surface area contributed by atoms with Crippen LogP contribution in [0.25, 0.3) is 0 Å². The first-order valence-electron chi connectivity index (χ1n) is 7.30. The van der Waals surface area contributed by atoms with E-state index >= 15 is 0 Å². The van der Waals surface area contributed by atoms with Crippen molar-refractivity contribution in [2.45, 2.75) is 65.3 Å². The smallest absolute Gasteiger partial charge is 0.303 e. The summed E-state index contributed by atoms with van der Waals surface area (Å²) in [6.45, 7) is 5.91. The third kappa shape index (κ3) is 4.62. The lowest BCUT2D eigenvalue weighted by Crippen LogP contribution is -2.44. The number of hydrogen-bond donors (Lipinski definition) is 1. The summed E-state index contributed by atoms with van der Waals surface area (Å²) < 4.78 is 0. The number of ketones is 1. The van der Waals surface area contributed by atoms with Crippen LogP contribution in [-0.2, 0) is 14.4 Å². The maximum absolute atomic E-state index is 12.2. The molecule has 5 nitrogen and oxygen atoms in total. The Morgan fingerprint density at radius 3 is 2.40 bits per heavy atom. The molecular formula is C15H25NO4. The summed E-state index contributed by atoms with van der Waals surface area (Å²) in [5.74, 6) is -1.50. The summed E-state index contributed by atoms with van der Waals surface area (Å²) >= 11 is 0. The monoisotopic (exact) mass is 283 g/mol. The second kappa shape index (κ2) is 6.86. The lowest BCUT2D eigenvalue weighted by atomic mass is 9.90. The van der Waals surface area contributed by atoms with Gasteiger partial charge >= 0.3 is 5.97 Å². The van der Waals surface area contributed by atoms with Gasteiger partial charge in [-0.2, -0.15) is 0 Å². The standard InChI is InChI=1S/C15H25NO4/c1-15(2,3)13(19)14(20)16-10-6-8-11(16)7-4-5-9-12(17)18/h11H,4-10H2,1-3H3,(H,17,18)/t11-/m0/s1. The maximum atomic E-state index is 12.2. The van der Waals surface area contributed by atoms with E-state index in [1.54, 1.807) is 25.7 Å². The highest BCUT2D eigenvalue weighted by Crippen LogP contribution is 2.25. The highest BCUT2D eigenvalue weighted by atomic mass is 16.4. The van der Waals surface area contributed by atoms with Crippen LogP contribution in [0.4, 0.5) is 0 Å². The van der Waals surface area contributed by atoms with E-state index in [0.717, 1.165) is 25.7 Å². The van der Waals surface area contributed by atoms with Gasteiger partial charge in [-0.3, -0.25) is 14.4 Å². The van der Waals surface area contributed by atoms with Gasteiger partial charge in [0.25, 0.3) is 5.91 Å². The number of carbonyl (C=O) groups is 3. The van der Waals surface area contributed by atoms with Crippen molar-refractivity contribution in [3.05, 3.63) is 0 Å². The van der Waals surface area contributed by atoms with Gasteiger partial charge in [0.15, 0.2) is 0 Å². The van der Waals surface area contributed by atoms with E-state index in [1.807, 2.05) is 0 Å². The van der Waals surface area contributed by atoms with Gasteiger partial charge in [-0.1, -0.05) is 27.2 Å². The van der Waals surface area contributed by atoms with Crippen molar-refractivity contribution in [3.8, 4) is 0 Å². The highest BCUT2D eigenvalue weighted by Gasteiger charge is 2.36. The summed E-state index contributed by atoms with van der Waals surface area (Å²) in [6.07, 6.45) is 4.20. The molecule has 1 N–H and O–H groups in total. The minimum absolute atomic E-state index is 0.0996. The van der Waals surface area contributed by atoms with E-state index in [4.69, 9.17) is 5.11 Å². The van der Waals surface area contributed by atoms with Crippen LogP contribution < -0.4 is 0 Å². The number of rotatable bonds is 6. The fraction of sp³-hybridized carbons (Fsp3) is 0.800. The summed E-state index contributed by atoms with van der Waals surface area (Å²) in [7, 11) is 0. The number of unbranched alkanes of at least 4 members (excludes halogenated alkanes) is 1. The number of likely N-dealkylation sites (tertiary alicyclic amines) is 1. The first-order chi connectivity index (χ1) is 9.23. The molecule has 20 heavy (non-hydrogen) atoms. The molecule has 5 heteroatoms. The zero-order chi connectivity index (χ0) is 15.3. The normalized spacial score (nSPS) is 19.1. The molecule has 1 aliphatic heterocycles. The second-order valence-electron chi connectivity index (χ2n) is 6.51. The van der Waals surface area contributed by atoms with Crippen molar-refractivity contribution in [2.24, 2.45) is 5.41 Å². The third-order valence-corrected chi connectivity index (χ3v) is 3.69. The Morgan fingerprint density at radius 1 is 1.20 bits per heavy atom. The van der Waals surface area contributed by atoms with Gasteiger partial charge in [-0.05, 0) is 25.7 Å².